The first kappa shape index (κ1) is 22.1. The van der Waals surface area contributed by atoms with Crippen LogP contribution in [0.1, 0.15) is 36.2 Å². The van der Waals surface area contributed by atoms with E-state index in [1.54, 1.807) is 12.1 Å². The lowest BCUT2D eigenvalue weighted by molar-refractivity contribution is -0.146. The summed E-state index contributed by atoms with van der Waals surface area (Å²) < 4.78 is 31.7. The summed E-state index contributed by atoms with van der Waals surface area (Å²) in [6.45, 7) is 3.37. The monoisotopic (exact) mass is 423 g/mol. The number of hydrogen-bond donors (Lipinski definition) is 1. The van der Waals surface area contributed by atoms with Gasteiger partial charge in [0.05, 0.1) is 11.3 Å². The summed E-state index contributed by atoms with van der Waals surface area (Å²) in [6, 6.07) is 12.8. The lowest BCUT2D eigenvalue weighted by atomic mass is 10.0. The van der Waals surface area contributed by atoms with Gasteiger partial charge in [0.2, 0.25) is 15.8 Å². The normalized spacial score (nSPS) is 12.4. The number of sulfonamides is 1. The van der Waals surface area contributed by atoms with E-state index in [9.17, 15) is 18.0 Å². The van der Waals surface area contributed by atoms with Crippen molar-refractivity contribution >= 4 is 33.4 Å². The molecule has 0 aliphatic heterocycles. The van der Waals surface area contributed by atoms with Gasteiger partial charge in [-0.3, -0.25) is 9.59 Å². The zero-order valence-electron chi connectivity index (χ0n) is 15.6. The standard InChI is InChI=1S/C20H22ClNO5S/c1-3-15-4-6-16(7-5-15)20(24)14(2)27-19(23)12-13-22-28(25,26)18-10-8-17(21)9-11-18/h4-11,14,22H,3,12-13H2,1-2H3/t14-/m1/s1. The van der Waals surface area contributed by atoms with Crippen LogP contribution in [0.25, 0.3) is 0 Å². The highest BCUT2D eigenvalue weighted by Gasteiger charge is 2.20. The van der Waals surface area contributed by atoms with Gasteiger partial charge < -0.3 is 4.74 Å². The summed E-state index contributed by atoms with van der Waals surface area (Å²) in [7, 11) is -3.75. The first-order valence-corrected chi connectivity index (χ1v) is 10.7. The average Bonchev–Trinajstić information content (AvgIpc) is 2.67. The topological polar surface area (TPSA) is 89.5 Å². The quantitative estimate of drug-likeness (QED) is 0.493. The minimum absolute atomic E-state index is 0.0457. The molecule has 0 saturated carbocycles. The number of carbonyl (C=O) groups is 2. The van der Waals surface area contributed by atoms with Gasteiger partial charge in [0.15, 0.2) is 6.10 Å². The largest absolute Gasteiger partial charge is 0.454 e. The van der Waals surface area contributed by atoms with Crippen molar-refractivity contribution in [1.29, 1.82) is 0 Å². The van der Waals surface area contributed by atoms with Gasteiger partial charge in [0.1, 0.15) is 0 Å². The molecule has 0 radical (unpaired) electrons. The third-order valence-corrected chi connectivity index (χ3v) is 5.80. The molecule has 0 heterocycles. The van der Waals surface area contributed by atoms with E-state index in [4.69, 9.17) is 16.3 Å². The van der Waals surface area contributed by atoms with Gasteiger partial charge in [-0.15, -0.1) is 0 Å². The highest BCUT2D eigenvalue weighted by Crippen LogP contribution is 2.14. The number of ether oxygens (including phenoxy) is 1. The number of benzene rings is 2. The molecule has 0 aliphatic carbocycles. The summed E-state index contributed by atoms with van der Waals surface area (Å²) >= 11 is 5.74. The van der Waals surface area contributed by atoms with Crippen molar-refractivity contribution < 1.29 is 22.7 Å². The fourth-order valence-corrected chi connectivity index (χ4v) is 3.59. The van der Waals surface area contributed by atoms with Crippen molar-refractivity contribution in [3.63, 3.8) is 0 Å². The molecule has 2 rings (SSSR count). The number of hydrogen-bond acceptors (Lipinski definition) is 5. The minimum atomic E-state index is -3.75. The van der Waals surface area contributed by atoms with E-state index >= 15 is 0 Å². The zero-order valence-corrected chi connectivity index (χ0v) is 17.2. The van der Waals surface area contributed by atoms with Crippen LogP contribution in [0.15, 0.2) is 53.4 Å². The Morgan fingerprint density at radius 3 is 2.25 bits per heavy atom. The van der Waals surface area contributed by atoms with Gasteiger partial charge in [0, 0.05) is 17.1 Å². The second-order valence-corrected chi connectivity index (χ2v) is 8.35. The van der Waals surface area contributed by atoms with Crippen LogP contribution in [0.2, 0.25) is 5.02 Å². The second kappa shape index (κ2) is 9.82. The van der Waals surface area contributed by atoms with Crippen LogP contribution in [0, 0.1) is 0 Å². The van der Waals surface area contributed by atoms with E-state index in [2.05, 4.69) is 4.72 Å². The van der Waals surface area contributed by atoms with Gasteiger partial charge in [-0.2, -0.15) is 0 Å². The number of ketones is 1. The molecule has 8 heteroatoms. The summed E-state index contributed by atoms with van der Waals surface area (Å²) in [5, 5.41) is 0.422. The van der Waals surface area contributed by atoms with E-state index in [0.29, 0.717) is 10.6 Å². The van der Waals surface area contributed by atoms with Crippen LogP contribution in [-0.2, 0) is 26.0 Å². The second-order valence-electron chi connectivity index (χ2n) is 6.15. The first-order valence-electron chi connectivity index (χ1n) is 8.81. The van der Waals surface area contributed by atoms with Crippen LogP contribution in [0.3, 0.4) is 0 Å². The van der Waals surface area contributed by atoms with Crippen LogP contribution < -0.4 is 4.72 Å². The zero-order chi connectivity index (χ0) is 20.7. The Morgan fingerprint density at radius 2 is 1.68 bits per heavy atom. The molecule has 2 aromatic rings. The highest BCUT2D eigenvalue weighted by molar-refractivity contribution is 7.89. The molecule has 28 heavy (non-hydrogen) atoms. The number of halogens is 1. The van der Waals surface area contributed by atoms with Gasteiger partial charge in [0.25, 0.3) is 0 Å². The molecule has 150 valence electrons. The molecule has 0 fully saturated rings. The molecule has 0 unspecified atom stereocenters. The third kappa shape index (κ3) is 6.15. The van der Waals surface area contributed by atoms with E-state index in [1.807, 2.05) is 19.1 Å². The number of nitrogens with one attached hydrogen (secondary N) is 1. The Bertz CT molecular complexity index is 924. The lowest BCUT2D eigenvalue weighted by Gasteiger charge is -2.13. The van der Waals surface area contributed by atoms with Crippen molar-refractivity contribution in [2.75, 3.05) is 6.54 Å². The summed E-state index contributed by atoms with van der Waals surface area (Å²) in [4.78, 5) is 24.3. The molecule has 0 saturated heterocycles. The Morgan fingerprint density at radius 1 is 1.07 bits per heavy atom. The molecular formula is C20H22ClNO5S. The summed E-state index contributed by atoms with van der Waals surface area (Å²) in [6.07, 6.45) is -0.280. The average molecular weight is 424 g/mol. The van der Waals surface area contributed by atoms with Crippen molar-refractivity contribution in [2.45, 2.75) is 37.7 Å². The highest BCUT2D eigenvalue weighted by atomic mass is 35.5. The number of carbonyl (C=O) groups excluding carboxylic acids is 2. The Hall–Kier alpha value is -2.22. The Labute approximate surface area is 169 Å². The lowest BCUT2D eigenvalue weighted by Crippen LogP contribution is -2.29. The molecule has 0 aromatic heterocycles. The van der Waals surface area contributed by atoms with Crippen LogP contribution in [-0.4, -0.2) is 32.8 Å². The molecule has 1 atom stereocenters. The molecule has 2 aromatic carbocycles. The molecular weight excluding hydrogens is 402 g/mol. The van der Waals surface area contributed by atoms with E-state index in [1.165, 1.54) is 31.2 Å². The van der Waals surface area contributed by atoms with Gasteiger partial charge in [-0.05, 0) is 43.2 Å². The van der Waals surface area contributed by atoms with Gasteiger partial charge >= 0.3 is 5.97 Å². The van der Waals surface area contributed by atoms with Crippen molar-refractivity contribution in [3.05, 3.63) is 64.7 Å². The minimum Gasteiger partial charge on any atom is -0.454 e. The predicted octanol–water partition coefficient (Wildman–Crippen LogP) is 3.39. The number of esters is 1. The smallest absolute Gasteiger partial charge is 0.307 e. The SMILES string of the molecule is CCc1ccc(C(=O)[C@@H](C)OC(=O)CCNS(=O)(=O)c2ccc(Cl)cc2)cc1. The van der Waals surface area contributed by atoms with Crippen LogP contribution in [0.4, 0.5) is 0 Å². The van der Waals surface area contributed by atoms with Crippen molar-refractivity contribution in [1.82, 2.24) is 4.72 Å². The predicted molar refractivity (Wildman–Crippen MR) is 107 cm³/mol. The molecule has 0 spiro atoms. The molecule has 0 bridgehead atoms. The number of rotatable bonds is 9. The third-order valence-electron chi connectivity index (χ3n) is 4.07. The maximum absolute atomic E-state index is 12.3. The fourth-order valence-electron chi connectivity index (χ4n) is 2.43. The maximum atomic E-state index is 12.3. The van der Waals surface area contributed by atoms with Crippen molar-refractivity contribution in [2.24, 2.45) is 0 Å². The van der Waals surface area contributed by atoms with Gasteiger partial charge in [-0.25, -0.2) is 13.1 Å². The van der Waals surface area contributed by atoms with E-state index in [0.717, 1.165) is 12.0 Å². The molecule has 6 nitrogen and oxygen atoms in total. The summed E-state index contributed by atoms with van der Waals surface area (Å²) in [5.74, 6) is -0.970. The molecule has 0 amide bonds. The number of Topliss-reactive ketones (excluding diaryl/α,β-unsaturated/α-hetero) is 1. The van der Waals surface area contributed by atoms with E-state index < -0.39 is 22.1 Å². The van der Waals surface area contributed by atoms with Crippen LogP contribution >= 0.6 is 11.6 Å². The number of aryl methyl sites for hydroxylation is 1. The molecule has 1 N–H and O–H groups in total. The van der Waals surface area contributed by atoms with Crippen LogP contribution in [0.5, 0.6) is 0 Å². The molecule has 0 aliphatic rings. The van der Waals surface area contributed by atoms with Crippen molar-refractivity contribution in [3.8, 4) is 0 Å². The maximum Gasteiger partial charge on any atom is 0.307 e. The van der Waals surface area contributed by atoms with Gasteiger partial charge in [-0.1, -0.05) is 42.8 Å². The summed E-state index contributed by atoms with van der Waals surface area (Å²) in [5.41, 5.74) is 1.56. The van der Waals surface area contributed by atoms with E-state index in [-0.39, 0.29) is 23.6 Å². The Balaban J connectivity index is 1.84. The first-order chi connectivity index (χ1) is 13.2. The Kier molecular flexibility index (Phi) is 7.74. The fraction of sp³-hybridized carbons (Fsp3) is 0.300.